The fourth-order valence-corrected chi connectivity index (χ4v) is 4.76. The summed E-state index contributed by atoms with van der Waals surface area (Å²) in [7, 11) is 0. The molecule has 5 rings (SSSR count). The summed E-state index contributed by atoms with van der Waals surface area (Å²) in [4.78, 5) is 23.7. The maximum atomic E-state index is 12.1. The molecule has 5 nitrogen and oxygen atoms in total. The van der Waals surface area contributed by atoms with Crippen LogP contribution in [-0.2, 0) is 24.0 Å². The van der Waals surface area contributed by atoms with E-state index in [0.717, 1.165) is 25.7 Å². The number of esters is 1. The van der Waals surface area contributed by atoms with Crippen LogP contribution in [0.2, 0.25) is 0 Å². The van der Waals surface area contributed by atoms with E-state index in [0.29, 0.717) is 11.8 Å². The molecule has 4 aliphatic heterocycles. The molecule has 5 fully saturated rings. The number of carbonyl (C=O) groups is 1. The van der Waals surface area contributed by atoms with E-state index in [1.165, 1.54) is 0 Å². The van der Waals surface area contributed by atoms with Crippen LogP contribution < -0.4 is 0 Å². The molecule has 7 atom stereocenters. The van der Waals surface area contributed by atoms with Crippen molar-refractivity contribution in [2.75, 3.05) is 0 Å². The Bertz CT molecular complexity index is 452. The van der Waals surface area contributed by atoms with Crippen molar-refractivity contribution in [3.63, 3.8) is 0 Å². The summed E-state index contributed by atoms with van der Waals surface area (Å²) in [5, 5.41) is 0. The fourth-order valence-electron chi connectivity index (χ4n) is 4.76. The highest BCUT2D eigenvalue weighted by Crippen LogP contribution is 2.59. The van der Waals surface area contributed by atoms with E-state index in [9.17, 15) is 4.79 Å². The highest BCUT2D eigenvalue weighted by Gasteiger charge is 2.69. The van der Waals surface area contributed by atoms with Crippen molar-refractivity contribution < 1.29 is 24.0 Å². The van der Waals surface area contributed by atoms with Crippen LogP contribution in [0.25, 0.3) is 0 Å². The number of rotatable bonds is 0. The van der Waals surface area contributed by atoms with Crippen molar-refractivity contribution in [3.8, 4) is 0 Å². The Labute approximate surface area is 118 Å². The van der Waals surface area contributed by atoms with Crippen LogP contribution in [-0.4, -0.2) is 23.6 Å². The van der Waals surface area contributed by atoms with Gasteiger partial charge in [0.1, 0.15) is 0 Å². The highest BCUT2D eigenvalue weighted by molar-refractivity contribution is 5.74. The molecule has 112 valence electrons. The minimum atomic E-state index is -0.793. The first-order valence-electron chi connectivity index (χ1n) is 7.71. The summed E-state index contributed by atoms with van der Waals surface area (Å²) >= 11 is 0. The van der Waals surface area contributed by atoms with E-state index in [4.69, 9.17) is 19.2 Å². The monoisotopic (exact) mass is 282 g/mol. The third-order valence-electron chi connectivity index (χ3n) is 5.97. The van der Waals surface area contributed by atoms with Gasteiger partial charge in [-0.1, -0.05) is 13.8 Å². The van der Waals surface area contributed by atoms with Crippen LogP contribution in [0.3, 0.4) is 0 Å². The second-order valence-corrected chi connectivity index (χ2v) is 7.14. The summed E-state index contributed by atoms with van der Waals surface area (Å²) in [6.07, 6.45) is 3.24. The average Bonchev–Trinajstić information content (AvgIpc) is 2.63. The molecule has 4 saturated heterocycles. The largest absolute Gasteiger partial charge is 0.432 e. The van der Waals surface area contributed by atoms with Crippen molar-refractivity contribution in [3.05, 3.63) is 0 Å². The molecule has 0 N–H and O–H groups in total. The maximum Gasteiger partial charge on any atom is 0.311 e. The first kappa shape index (κ1) is 13.0. The van der Waals surface area contributed by atoms with E-state index in [1.54, 1.807) is 0 Å². The number of hydrogen-bond acceptors (Lipinski definition) is 5. The Balaban J connectivity index is 1.84. The third-order valence-corrected chi connectivity index (χ3v) is 5.97. The fraction of sp³-hybridized carbons (Fsp3) is 0.933. The second kappa shape index (κ2) is 3.96. The number of carbonyl (C=O) groups excluding carboxylic acids is 1. The lowest BCUT2D eigenvalue weighted by Crippen LogP contribution is -2.69. The first-order valence-corrected chi connectivity index (χ1v) is 7.71. The predicted molar refractivity (Wildman–Crippen MR) is 68.0 cm³/mol. The van der Waals surface area contributed by atoms with Gasteiger partial charge in [-0.15, -0.1) is 0 Å². The first-order chi connectivity index (χ1) is 9.46. The normalized spacial score (nSPS) is 57.8. The molecular formula is C15H22O5. The molecule has 20 heavy (non-hydrogen) atoms. The second-order valence-electron chi connectivity index (χ2n) is 7.14. The standard InChI is InChI=1S/C15H22O5/c1-8-4-5-11-9(2)12(16)17-13-15(11)10(8)6-7-14(3,18-13)19-20-15/h8-11,13H,4-7H2,1-3H3/t8-,9-,10+,11+,13+,14-,15-/m0/s1. The van der Waals surface area contributed by atoms with Crippen molar-refractivity contribution in [2.45, 2.75) is 64.1 Å². The number of ether oxygens (including phenoxy) is 2. The average molecular weight is 282 g/mol. The van der Waals surface area contributed by atoms with Gasteiger partial charge in [0.15, 0.2) is 5.60 Å². The molecule has 0 amide bonds. The summed E-state index contributed by atoms with van der Waals surface area (Å²) in [5.41, 5.74) is -0.610. The zero-order valence-corrected chi connectivity index (χ0v) is 12.3. The van der Waals surface area contributed by atoms with Crippen LogP contribution in [0.4, 0.5) is 0 Å². The van der Waals surface area contributed by atoms with E-state index in [2.05, 4.69) is 6.92 Å². The Morgan fingerprint density at radius 3 is 2.70 bits per heavy atom. The van der Waals surface area contributed by atoms with Gasteiger partial charge in [-0.25, -0.2) is 9.78 Å². The molecule has 0 aromatic heterocycles. The van der Waals surface area contributed by atoms with Crippen LogP contribution in [0, 0.1) is 23.7 Å². The molecule has 1 spiro atoms. The summed E-state index contributed by atoms with van der Waals surface area (Å²) in [6.45, 7) is 6.06. The minimum Gasteiger partial charge on any atom is -0.432 e. The number of hydrogen-bond donors (Lipinski definition) is 0. The van der Waals surface area contributed by atoms with Gasteiger partial charge in [-0.05, 0) is 32.1 Å². The molecule has 0 unspecified atom stereocenters. The van der Waals surface area contributed by atoms with Crippen molar-refractivity contribution in [1.29, 1.82) is 0 Å². The molecule has 1 saturated carbocycles. The van der Waals surface area contributed by atoms with Gasteiger partial charge in [0, 0.05) is 18.3 Å². The Morgan fingerprint density at radius 1 is 1.10 bits per heavy atom. The van der Waals surface area contributed by atoms with Gasteiger partial charge in [-0.2, -0.15) is 0 Å². The molecule has 0 aromatic carbocycles. The van der Waals surface area contributed by atoms with Gasteiger partial charge in [0.05, 0.1) is 5.92 Å². The third kappa shape index (κ3) is 1.46. The van der Waals surface area contributed by atoms with E-state index in [-0.39, 0.29) is 17.8 Å². The van der Waals surface area contributed by atoms with Crippen molar-refractivity contribution in [1.82, 2.24) is 0 Å². The summed E-state index contributed by atoms with van der Waals surface area (Å²) in [5.74, 6) is -0.137. The summed E-state index contributed by atoms with van der Waals surface area (Å²) in [6, 6.07) is 0. The SMILES string of the molecule is C[C@@H]1C(=O)O[C@@H]2O[C@]3(C)CC[C@@H]4[C@@H](C)CC[C@H]1[C@]24OO3. The van der Waals surface area contributed by atoms with Gasteiger partial charge >= 0.3 is 5.97 Å². The van der Waals surface area contributed by atoms with Crippen LogP contribution >= 0.6 is 0 Å². The highest BCUT2D eigenvalue weighted by atomic mass is 17.3. The Morgan fingerprint density at radius 2 is 1.90 bits per heavy atom. The van der Waals surface area contributed by atoms with Crippen LogP contribution in [0.15, 0.2) is 0 Å². The number of fused-ring (bicyclic) bond motifs is 2. The Hall–Kier alpha value is -0.650. The lowest BCUT2D eigenvalue weighted by atomic mass is 9.58. The quantitative estimate of drug-likeness (QED) is 0.504. The van der Waals surface area contributed by atoms with Crippen molar-refractivity contribution >= 4 is 5.97 Å². The molecule has 0 aromatic rings. The molecule has 2 bridgehead atoms. The predicted octanol–water partition coefficient (Wildman–Crippen LogP) is 2.39. The van der Waals surface area contributed by atoms with Gasteiger partial charge < -0.3 is 9.47 Å². The minimum absolute atomic E-state index is 0.123. The molecule has 0 radical (unpaired) electrons. The topological polar surface area (TPSA) is 54.0 Å². The summed E-state index contributed by atoms with van der Waals surface area (Å²) < 4.78 is 11.6. The molecule has 5 heteroatoms. The Kier molecular flexibility index (Phi) is 2.58. The lowest BCUT2D eigenvalue weighted by molar-refractivity contribution is -0.559. The van der Waals surface area contributed by atoms with E-state index < -0.39 is 17.7 Å². The molecular weight excluding hydrogens is 260 g/mol. The zero-order chi connectivity index (χ0) is 14.1. The smallest absolute Gasteiger partial charge is 0.311 e. The van der Waals surface area contributed by atoms with E-state index in [1.807, 2.05) is 13.8 Å². The van der Waals surface area contributed by atoms with Crippen LogP contribution in [0.1, 0.15) is 46.5 Å². The molecule has 1 aliphatic carbocycles. The van der Waals surface area contributed by atoms with Gasteiger partial charge in [0.2, 0.25) is 12.1 Å². The van der Waals surface area contributed by atoms with Gasteiger partial charge in [-0.3, -0.25) is 4.79 Å². The van der Waals surface area contributed by atoms with Gasteiger partial charge in [0.25, 0.3) is 0 Å². The van der Waals surface area contributed by atoms with E-state index >= 15 is 0 Å². The van der Waals surface area contributed by atoms with Crippen molar-refractivity contribution in [2.24, 2.45) is 23.7 Å². The lowest BCUT2D eigenvalue weighted by Gasteiger charge is -2.57. The van der Waals surface area contributed by atoms with Crippen LogP contribution in [0.5, 0.6) is 0 Å². The molecule has 5 aliphatic rings. The zero-order valence-electron chi connectivity index (χ0n) is 12.3. The molecule has 4 heterocycles. The maximum absolute atomic E-state index is 12.1.